The summed E-state index contributed by atoms with van der Waals surface area (Å²) in [6, 6.07) is 12.1. The van der Waals surface area contributed by atoms with E-state index in [-0.39, 0.29) is 11.8 Å². The van der Waals surface area contributed by atoms with Crippen molar-refractivity contribution in [3.05, 3.63) is 65.0 Å². The molecule has 0 aliphatic rings. The van der Waals surface area contributed by atoms with Crippen LogP contribution in [0.3, 0.4) is 0 Å². The molecule has 2 aromatic carbocycles. The van der Waals surface area contributed by atoms with Gasteiger partial charge in [0.05, 0.1) is 12.7 Å². The highest BCUT2D eigenvalue weighted by Crippen LogP contribution is 2.15. The van der Waals surface area contributed by atoms with Crippen LogP contribution < -0.4 is 5.32 Å². The Balaban J connectivity index is 2.00. The highest BCUT2D eigenvalue weighted by molar-refractivity contribution is 5.89. The van der Waals surface area contributed by atoms with Crippen molar-refractivity contribution in [1.29, 1.82) is 0 Å². The average Bonchev–Trinajstić information content (AvgIpc) is 2.48. The highest BCUT2D eigenvalue weighted by Gasteiger charge is 2.04. The summed E-state index contributed by atoms with van der Waals surface area (Å²) in [6.45, 7) is 2.29. The lowest BCUT2D eigenvalue weighted by atomic mass is 10.1. The van der Waals surface area contributed by atoms with Gasteiger partial charge in [-0.1, -0.05) is 18.2 Å². The van der Waals surface area contributed by atoms with E-state index in [0.717, 1.165) is 11.3 Å². The molecule has 104 valence electrons. The quantitative estimate of drug-likeness (QED) is 0.866. The van der Waals surface area contributed by atoms with Crippen LogP contribution in [0, 0.1) is 12.7 Å². The Bertz CT molecular complexity index is 608. The second-order valence-corrected chi connectivity index (χ2v) is 4.51. The molecule has 0 aromatic heterocycles. The van der Waals surface area contributed by atoms with Gasteiger partial charge in [-0.15, -0.1) is 0 Å². The largest absolute Gasteiger partial charge is 0.465 e. The molecular formula is C16H16FNO2. The number of esters is 1. The molecule has 4 heteroatoms. The number of rotatable bonds is 4. The Morgan fingerprint density at radius 3 is 2.50 bits per heavy atom. The van der Waals surface area contributed by atoms with Crippen molar-refractivity contribution in [1.82, 2.24) is 0 Å². The van der Waals surface area contributed by atoms with Crippen LogP contribution in [0.2, 0.25) is 0 Å². The van der Waals surface area contributed by atoms with Gasteiger partial charge < -0.3 is 10.1 Å². The van der Waals surface area contributed by atoms with Gasteiger partial charge in [-0.05, 0) is 42.3 Å². The van der Waals surface area contributed by atoms with Crippen LogP contribution in [-0.2, 0) is 11.3 Å². The predicted molar refractivity (Wildman–Crippen MR) is 76.2 cm³/mol. The van der Waals surface area contributed by atoms with E-state index in [9.17, 15) is 9.18 Å². The van der Waals surface area contributed by atoms with Crippen LogP contribution in [0.4, 0.5) is 10.1 Å². The molecule has 0 unspecified atom stereocenters. The summed E-state index contributed by atoms with van der Waals surface area (Å²) in [5, 5.41) is 3.14. The van der Waals surface area contributed by atoms with Gasteiger partial charge in [0, 0.05) is 12.2 Å². The van der Waals surface area contributed by atoms with Crippen LogP contribution >= 0.6 is 0 Å². The topological polar surface area (TPSA) is 38.3 Å². The summed E-state index contributed by atoms with van der Waals surface area (Å²) < 4.78 is 18.0. The molecular weight excluding hydrogens is 257 g/mol. The van der Waals surface area contributed by atoms with Crippen molar-refractivity contribution in [3.8, 4) is 0 Å². The normalized spacial score (nSPS) is 10.2. The first-order valence-corrected chi connectivity index (χ1v) is 6.27. The molecule has 20 heavy (non-hydrogen) atoms. The van der Waals surface area contributed by atoms with Crippen molar-refractivity contribution >= 4 is 11.7 Å². The number of ether oxygens (including phenoxy) is 1. The SMILES string of the molecule is COC(=O)c1ccc(CNc2ccc(C)c(F)c2)cc1. The van der Waals surface area contributed by atoms with Gasteiger partial charge in [0.15, 0.2) is 0 Å². The van der Waals surface area contributed by atoms with E-state index in [1.54, 1.807) is 25.1 Å². The molecule has 0 saturated heterocycles. The molecule has 2 aromatic rings. The van der Waals surface area contributed by atoms with Crippen LogP contribution in [0.1, 0.15) is 21.5 Å². The van der Waals surface area contributed by atoms with E-state index in [1.165, 1.54) is 13.2 Å². The maximum absolute atomic E-state index is 13.4. The number of carbonyl (C=O) groups is 1. The zero-order valence-corrected chi connectivity index (χ0v) is 11.4. The average molecular weight is 273 g/mol. The standard InChI is InChI=1S/C16H16FNO2/c1-11-3-8-14(9-15(11)17)18-10-12-4-6-13(7-5-12)16(19)20-2/h3-9,18H,10H2,1-2H3. The van der Waals surface area contributed by atoms with Crippen molar-refractivity contribution < 1.29 is 13.9 Å². The maximum Gasteiger partial charge on any atom is 0.337 e. The van der Waals surface area contributed by atoms with Crippen molar-refractivity contribution in [2.45, 2.75) is 13.5 Å². The number of halogens is 1. The van der Waals surface area contributed by atoms with Gasteiger partial charge in [0.25, 0.3) is 0 Å². The van der Waals surface area contributed by atoms with E-state index in [0.29, 0.717) is 17.7 Å². The minimum atomic E-state index is -0.356. The summed E-state index contributed by atoms with van der Waals surface area (Å²) in [6.07, 6.45) is 0. The lowest BCUT2D eigenvalue weighted by molar-refractivity contribution is 0.0600. The lowest BCUT2D eigenvalue weighted by Gasteiger charge is -2.08. The number of hydrogen-bond donors (Lipinski definition) is 1. The zero-order chi connectivity index (χ0) is 14.5. The number of anilines is 1. The molecule has 0 saturated carbocycles. The van der Waals surface area contributed by atoms with Gasteiger partial charge in [-0.2, -0.15) is 0 Å². The second-order valence-electron chi connectivity index (χ2n) is 4.51. The zero-order valence-electron chi connectivity index (χ0n) is 11.4. The van der Waals surface area contributed by atoms with E-state index in [4.69, 9.17) is 0 Å². The van der Waals surface area contributed by atoms with Gasteiger partial charge in [0.1, 0.15) is 5.82 Å². The third kappa shape index (κ3) is 3.35. The summed E-state index contributed by atoms with van der Waals surface area (Å²) >= 11 is 0. The molecule has 0 atom stereocenters. The molecule has 0 radical (unpaired) electrons. The summed E-state index contributed by atoms with van der Waals surface area (Å²) in [7, 11) is 1.35. The Morgan fingerprint density at radius 2 is 1.90 bits per heavy atom. The predicted octanol–water partition coefficient (Wildman–Crippen LogP) is 3.53. The summed E-state index contributed by atoms with van der Waals surface area (Å²) in [5.41, 5.74) is 2.86. The molecule has 1 N–H and O–H groups in total. The van der Waals surface area contributed by atoms with E-state index in [2.05, 4.69) is 10.1 Å². The number of aryl methyl sites for hydroxylation is 1. The number of methoxy groups -OCH3 is 1. The van der Waals surface area contributed by atoms with Crippen molar-refractivity contribution in [2.75, 3.05) is 12.4 Å². The molecule has 0 heterocycles. The first-order valence-electron chi connectivity index (χ1n) is 6.27. The number of nitrogens with one attached hydrogen (secondary N) is 1. The Kier molecular flexibility index (Phi) is 4.35. The fraction of sp³-hybridized carbons (Fsp3) is 0.188. The fourth-order valence-corrected chi connectivity index (χ4v) is 1.78. The van der Waals surface area contributed by atoms with Crippen molar-refractivity contribution in [2.24, 2.45) is 0 Å². The molecule has 2 rings (SSSR count). The number of benzene rings is 2. The second kappa shape index (κ2) is 6.19. The van der Waals surface area contributed by atoms with E-state index in [1.807, 2.05) is 18.2 Å². The monoisotopic (exact) mass is 273 g/mol. The molecule has 0 aliphatic carbocycles. The first kappa shape index (κ1) is 14.1. The molecule has 0 aliphatic heterocycles. The summed E-state index contributed by atoms with van der Waals surface area (Å²) in [5.74, 6) is -0.582. The van der Waals surface area contributed by atoms with Crippen LogP contribution in [-0.4, -0.2) is 13.1 Å². The lowest BCUT2D eigenvalue weighted by Crippen LogP contribution is -2.03. The highest BCUT2D eigenvalue weighted by atomic mass is 19.1. The Morgan fingerprint density at radius 1 is 1.20 bits per heavy atom. The van der Waals surface area contributed by atoms with Gasteiger partial charge in [-0.3, -0.25) is 0 Å². The molecule has 0 spiro atoms. The Hall–Kier alpha value is -2.36. The third-order valence-corrected chi connectivity index (χ3v) is 3.04. The Labute approximate surface area is 117 Å². The summed E-state index contributed by atoms with van der Waals surface area (Å²) in [4.78, 5) is 11.3. The third-order valence-electron chi connectivity index (χ3n) is 3.04. The number of carbonyl (C=O) groups excluding carboxylic acids is 1. The molecule has 3 nitrogen and oxygen atoms in total. The molecule has 0 fully saturated rings. The molecule has 0 bridgehead atoms. The minimum Gasteiger partial charge on any atom is -0.465 e. The van der Waals surface area contributed by atoms with E-state index < -0.39 is 0 Å². The number of hydrogen-bond acceptors (Lipinski definition) is 3. The smallest absolute Gasteiger partial charge is 0.337 e. The van der Waals surface area contributed by atoms with Gasteiger partial charge in [0.2, 0.25) is 0 Å². The first-order chi connectivity index (χ1) is 9.60. The van der Waals surface area contributed by atoms with E-state index >= 15 is 0 Å². The van der Waals surface area contributed by atoms with Crippen LogP contribution in [0.5, 0.6) is 0 Å². The van der Waals surface area contributed by atoms with Gasteiger partial charge in [-0.25, -0.2) is 9.18 Å². The van der Waals surface area contributed by atoms with Crippen LogP contribution in [0.25, 0.3) is 0 Å². The van der Waals surface area contributed by atoms with Crippen molar-refractivity contribution in [3.63, 3.8) is 0 Å². The van der Waals surface area contributed by atoms with Crippen LogP contribution in [0.15, 0.2) is 42.5 Å². The fourth-order valence-electron chi connectivity index (χ4n) is 1.78. The minimum absolute atomic E-state index is 0.226. The van der Waals surface area contributed by atoms with Gasteiger partial charge >= 0.3 is 5.97 Å². The maximum atomic E-state index is 13.4. The molecule has 0 amide bonds.